The van der Waals surface area contributed by atoms with Gasteiger partial charge in [0.25, 0.3) is 5.91 Å². The monoisotopic (exact) mass is 390 g/mol. The predicted octanol–water partition coefficient (Wildman–Crippen LogP) is 3.30. The highest BCUT2D eigenvalue weighted by atomic mass is 32.1. The lowest BCUT2D eigenvalue weighted by Crippen LogP contribution is -2.33. The first-order valence-corrected chi connectivity index (χ1v) is 9.72. The molecule has 1 saturated heterocycles. The second kappa shape index (κ2) is 8.92. The Kier molecular flexibility index (Phi) is 6.36. The summed E-state index contributed by atoms with van der Waals surface area (Å²) in [4.78, 5) is 29.3. The van der Waals surface area contributed by atoms with E-state index in [9.17, 15) is 14.9 Å². The molecule has 2 heterocycles. The lowest BCUT2D eigenvalue weighted by molar-refractivity contribution is -0.385. The van der Waals surface area contributed by atoms with Crippen molar-refractivity contribution in [2.45, 2.75) is 26.3 Å². The number of nitrogens with one attached hydrogen (secondary N) is 1. The Hall–Kier alpha value is -2.52. The number of nitro benzene ring substituents is 1. The number of anilines is 1. The fraction of sp³-hybridized carbons (Fsp3) is 0.444. The van der Waals surface area contributed by atoms with Gasteiger partial charge in [0.05, 0.1) is 10.6 Å². The molecule has 1 amide bonds. The van der Waals surface area contributed by atoms with E-state index in [0.29, 0.717) is 11.0 Å². The number of amides is 1. The maximum Gasteiger partial charge on any atom is 0.310 e. The number of nitro groups is 1. The molecule has 1 aromatic heterocycles. The highest BCUT2D eigenvalue weighted by Crippen LogP contribution is 2.26. The van der Waals surface area contributed by atoms with Crippen molar-refractivity contribution in [2.24, 2.45) is 5.92 Å². The van der Waals surface area contributed by atoms with Crippen LogP contribution in [0.25, 0.3) is 0 Å². The summed E-state index contributed by atoms with van der Waals surface area (Å²) in [7, 11) is 0. The van der Waals surface area contributed by atoms with Crippen molar-refractivity contribution < 1.29 is 14.5 Å². The summed E-state index contributed by atoms with van der Waals surface area (Å²) in [5, 5.41) is 16.1. The van der Waals surface area contributed by atoms with Gasteiger partial charge in [-0.2, -0.15) is 0 Å². The number of likely N-dealkylation sites (tertiary alicyclic amines) is 1. The van der Waals surface area contributed by atoms with Gasteiger partial charge in [0.1, 0.15) is 0 Å². The first kappa shape index (κ1) is 19.2. The number of piperidine rings is 1. The van der Waals surface area contributed by atoms with Gasteiger partial charge in [-0.05, 0) is 31.4 Å². The van der Waals surface area contributed by atoms with E-state index in [0.717, 1.165) is 25.3 Å². The number of hydrogen-bond acceptors (Lipinski definition) is 7. The Morgan fingerprint density at radius 3 is 3.07 bits per heavy atom. The Morgan fingerprint density at radius 1 is 1.48 bits per heavy atom. The van der Waals surface area contributed by atoms with E-state index >= 15 is 0 Å². The molecular formula is C18H22N4O4S. The van der Waals surface area contributed by atoms with E-state index in [-0.39, 0.29) is 18.0 Å². The van der Waals surface area contributed by atoms with Gasteiger partial charge in [0, 0.05) is 24.5 Å². The highest BCUT2D eigenvalue weighted by Gasteiger charge is 2.18. The molecule has 0 aliphatic carbocycles. The highest BCUT2D eigenvalue weighted by molar-refractivity contribution is 7.13. The number of carbonyl (C=O) groups is 1. The van der Waals surface area contributed by atoms with Crippen molar-refractivity contribution in [3.05, 3.63) is 45.5 Å². The van der Waals surface area contributed by atoms with Crippen LogP contribution in [0.2, 0.25) is 0 Å². The number of hydrogen-bond donors (Lipinski definition) is 1. The van der Waals surface area contributed by atoms with Gasteiger partial charge >= 0.3 is 5.69 Å². The molecule has 1 aliphatic rings. The lowest BCUT2D eigenvalue weighted by atomic mass is 10.0. The number of aromatic nitrogens is 1. The largest absolute Gasteiger partial charge is 0.477 e. The standard InChI is InChI=1S/C18H22N4O4S/c1-13-5-4-8-21(9-13)10-14-12-27-18(19-14)20-17(23)11-26-16-7-3-2-6-15(16)22(24)25/h2-3,6-7,12-13H,4-5,8-11H2,1H3,(H,19,20,23). The smallest absolute Gasteiger partial charge is 0.310 e. The molecule has 0 spiro atoms. The molecule has 2 aromatic rings. The second-order valence-electron chi connectivity index (χ2n) is 6.69. The van der Waals surface area contributed by atoms with Crippen LogP contribution in [0.4, 0.5) is 10.8 Å². The fourth-order valence-electron chi connectivity index (χ4n) is 3.13. The number of rotatable bonds is 7. The van der Waals surface area contributed by atoms with Crippen LogP contribution in [0, 0.1) is 16.0 Å². The Bertz CT molecular complexity index is 810. The molecule has 0 radical (unpaired) electrons. The van der Waals surface area contributed by atoms with E-state index in [2.05, 4.69) is 22.1 Å². The topological polar surface area (TPSA) is 97.6 Å². The number of nitrogens with zero attached hydrogens (tertiary/aromatic N) is 3. The maximum absolute atomic E-state index is 12.1. The van der Waals surface area contributed by atoms with E-state index in [1.807, 2.05) is 5.38 Å². The van der Waals surface area contributed by atoms with Gasteiger partial charge in [-0.25, -0.2) is 4.98 Å². The third-order valence-electron chi connectivity index (χ3n) is 4.35. The zero-order valence-corrected chi connectivity index (χ0v) is 15.9. The van der Waals surface area contributed by atoms with Crippen molar-refractivity contribution in [3.63, 3.8) is 0 Å². The van der Waals surface area contributed by atoms with Crippen LogP contribution < -0.4 is 10.1 Å². The maximum atomic E-state index is 12.1. The van der Waals surface area contributed by atoms with Gasteiger partial charge in [-0.15, -0.1) is 11.3 Å². The van der Waals surface area contributed by atoms with E-state index < -0.39 is 10.8 Å². The van der Waals surface area contributed by atoms with Crippen LogP contribution >= 0.6 is 11.3 Å². The van der Waals surface area contributed by atoms with Gasteiger partial charge < -0.3 is 4.74 Å². The normalized spacial score (nSPS) is 17.4. The average molecular weight is 390 g/mol. The molecule has 0 saturated carbocycles. The molecule has 1 atom stereocenters. The zero-order chi connectivity index (χ0) is 19.2. The van der Waals surface area contributed by atoms with Crippen LogP contribution in [0.1, 0.15) is 25.5 Å². The zero-order valence-electron chi connectivity index (χ0n) is 15.1. The molecule has 27 heavy (non-hydrogen) atoms. The summed E-state index contributed by atoms with van der Waals surface area (Å²) in [5.74, 6) is 0.369. The van der Waals surface area contributed by atoms with E-state index in [1.165, 1.54) is 36.3 Å². The minimum absolute atomic E-state index is 0.0664. The van der Waals surface area contributed by atoms with Crippen LogP contribution in [0.3, 0.4) is 0 Å². The number of para-hydroxylation sites is 2. The summed E-state index contributed by atoms with van der Waals surface area (Å²) in [6.45, 7) is 4.87. The quantitative estimate of drug-likeness (QED) is 0.575. The van der Waals surface area contributed by atoms with Crippen LogP contribution in [0.15, 0.2) is 29.6 Å². The minimum atomic E-state index is -0.540. The summed E-state index contributed by atoms with van der Waals surface area (Å²) in [6.07, 6.45) is 2.48. The lowest BCUT2D eigenvalue weighted by Gasteiger charge is -2.30. The SMILES string of the molecule is CC1CCCN(Cc2csc(NC(=O)COc3ccccc3[N+](=O)[O-])n2)C1. The van der Waals surface area contributed by atoms with E-state index in [1.54, 1.807) is 12.1 Å². The van der Waals surface area contributed by atoms with Crippen molar-refractivity contribution in [1.82, 2.24) is 9.88 Å². The average Bonchev–Trinajstić information content (AvgIpc) is 3.07. The second-order valence-corrected chi connectivity index (χ2v) is 7.55. The molecule has 1 fully saturated rings. The fourth-order valence-corrected chi connectivity index (χ4v) is 3.84. The molecule has 8 nitrogen and oxygen atoms in total. The number of ether oxygens (including phenoxy) is 1. The third kappa shape index (κ3) is 5.48. The van der Waals surface area contributed by atoms with Crippen molar-refractivity contribution in [3.8, 4) is 5.75 Å². The molecule has 3 rings (SSSR count). The molecule has 144 valence electrons. The first-order chi connectivity index (χ1) is 13.0. The van der Waals surface area contributed by atoms with Crippen molar-refractivity contribution in [1.29, 1.82) is 0 Å². The summed E-state index contributed by atoms with van der Waals surface area (Å²) in [6, 6.07) is 5.97. The Labute approximate surface area is 161 Å². The Morgan fingerprint density at radius 2 is 2.30 bits per heavy atom. The van der Waals surface area contributed by atoms with Gasteiger partial charge in [-0.1, -0.05) is 19.1 Å². The molecule has 1 unspecified atom stereocenters. The van der Waals surface area contributed by atoms with Crippen molar-refractivity contribution >= 4 is 28.1 Å². The molecule has 0 bridgehead atoms. The molecule has 9 heteroatoms. The van der Waals surface area contributed by atoms with E-state index in [4.69, 9.17) is 4.74 Å². The Balaban J connectivity index is 1.50. The molecule has 1 N–H and O–H groups in total. The molecule has 1 aromatic carbocycles. The number of carbonyl (C=O) groups excluding carboxylic acids is 1. The van der Waals surface area contributed by atoms with Gasteiger partial charge in [-0.3, -0.25) is 25.1 Å². The van der Waals surface area contributed by atoms with Crippen LogP contribution in [0.5, 0.6) is 5.75 Å². The van der Waals surface area contributed by atoms with Crippen molar-refractivity contribution in [2.75, 3.05) is 25.0 Å². The van der Waals surface area contributed by atoms with Crippen LogP contribution in [-0.2, 0) is 11.3 Å². The minimum Gasteiger partial charge on any atom is -0.477 e. The van der Waals surface area contributed by atoms with Gasteiger partial charge in [0.2, 0.25) is 0 Å². The van der Waals surface area contributed by atoms with Crippen LogP contribution in [-0.4, -0.2) is 40.4 Å². The van der Waals surface area contributed by atoms with Gasteiger partial charge in [0.15, 0.2) is 17.5 Å². The molecular weight excluding hydrogens is 368 g/mol. The molecule has 1 aliphatic heterocycles. The number of benzene rings is 1. The third-order valence-corrected chi connectivity index (χ3v) is 5.15. The first-order valence-electron chi connectivity index (χ1n) is 8.84. The predicted molar refractivity (Wildman–Crippen MR) is 103 cm³/mol. The summed E-state index contributed by atoms with van der Waals surface area (Å²) < 4.78 is 5.29. The summed E-state index contributed by atoms with van der Waals surface area (Å²) in [5.41, 5.74) is 0.765. The number of thiazole rings is 1. The summed E-state index contributed by atoms with van der Waals surface area (Å²) >= 11 is 1.36.